The molecule has 3 heteroatoms. The Labute approximate surface area is 123 Å². The van der Waals surface area contributed by atoms with Crippen molar-refractivity contribution in [3.8, 4) is 0 Å². The second kappa shape index (κ2) is 7.21. The van der Waals surface area contributed by atoms with E-state index in [4.69, 9.17) is 4.74 Å². The number of nitrogens with one attached hydrogen (secondary N) is 1. The molecule has 112 valence electrons. The number of methoxy groups -OCH3 is 1. The summed E-state index contributed by atoms with van der Waals surface area (Å²) in [6, 6.07) is 7.17. The molecular weight excluding hydrogens is 248 g/mol. The number of likely N-dealkylation sites (tertiary alicyclic amines) is 1. The Hall–Kier alpha value is -0.900. The molecule has 1 saturated heterocycles. The van der Waals surface area contributed by atoms with E-state index in [9.17, 15) is 0 Å². The SMILES string of the molecule is CNC(CN1CCC(COC)C1)c1ccc(C)cc1C. The van der Waals surface area contributed by atoms with Crippen LogP contribution in [0.2, 0.25) is 0 Å². The van der Waals surface area contributed by atoms with E-state index in [0.29, 0.717) is 12.0 Å². The third-order valence-electron chi connectivity index (χ3n) is 4.36. The Kier molecular flexibility index (Phi) is 5.58. The van der Waals surface area contributed by atoms with Crippen molar-refractivity contribution in [1.29, 1.82) is 0 Å². The first kappa shape index (κ1) is 15.5. The first-order chi connectivity index (χ1) is 9.63. The van der Waals surface area contributed by atoms with Crippen LogP contribution in [0.15, 0.2) is 18.2 Å². The van der Waals surface area contributed by atoms with Crippen LogP contribution in [0.5, 0.6) is 0 Å². The Balaban J connectivity index is 1.99. The molecule has 0 aliphatic carbocycles. The highest BCUT2D eigenvalue weighted by atomic mass is 16.5. The fourth-order valence-corrected chi connectivity index (χ4v) is 3.27. The molecule has 1 N–H and O–H groups in total. The largest absolute Gasteiger partial charge is 0.384 e. The van der Waals surface area contributed by atoms with Gasteiger partial charge in [0.2, 0.25) is 0 Å². The van der Waals surface area contributed by atoms with Crippen molar-refractivity contribution in [2.75, 3.05) is 40.4 Å². The van der Waals surface area contributed by atoms with E-state index in [0.717, 1.165) is 19.7 Å². The molecule has 0 radical (unpaired) electrons. The number of hydrogen-bond acceptors (Lipinski definition) is 3. The number of benzene rings is 1. The molecule has 1 aliphatic heterocycles. The van der Waals surface area contributed by atoms with Gasteiger partial charge in [-0.3, -0.25) is 0 Å². The molecule has 2 rings (SSSR count). The summed E-state index contributed by atoms with van der Waals surface area (Å²) in [7, 11) is 3.86. The molecule has 20 heavy (non-hydrogen) atoms. The Bertz CT molecular complexity index is 433. The van der Waals surface area contributed by atoms with E-state index < -0.39 is 0 Å². The normalized spacial score (nSPS) is 21.3. The smallest absolute Gasteiger partial charge is 0.0503 e. The lowest BCUT2D eigenvalue weighted by Crippen LogP contribution is -2.33. The number of nitrogens with zero attached hydrogens (tertiary/aromatic N) is 1. The van der Waals surface area contributed by atoms with Gasteiger partial charge in [0.15, 0.2) is 0 Å². The van der Waals surface area contributed by atoms with E-state index in [1.807, 2.05) is 0 Å². The average Bonchev–Trinajstić information content (AvgIpc) is 2.84. The Morgan fingerprint density at radius 1 is 1.40 bits per heavy atom. The minimum Gasteiger partial charge on any atom is -0.384 e. The summed E-state index contributed by atoms with van der Waals surface area (Å²) in [5.41, 5.74) is 4.15. The molecule has 0 bridgehead atoms. The van der Waals surface area contributed by atoms with Gasteiger partial charge in [0, 0.05) is 26.2 Å². The number of likely N-dealkylation sites (N-methyl/N-ethyl adjacent to an activating group) is 1. The van der Waals surface area contributed by atoms with E-state index in [-0.39, 0.29) is 0 Å². The van der Waals surface area contributed by atoms with Gasteiger partial charge in [0.1, 0.15) is 0 Å². The molecule has 1 heterocycles. The fourth-order valence-electron chi connectivity index (χ4n) is 3.27. The third kappa shape index (κ3) is 3.81. The first-order valence-corrected chi connectivity index (χ1v) is 7.59. The van der Waals surface area contributed by atoms with Crippen LogP contribution < -0.4 is 5.32 Å². The van der Waals surface area contributed by atoms with Gasteiger partial charge in [-0.2, -0.15) is 0 Å². The molecule has 0 amide bonds. The summed E-state index contributed by atoms with van der Waals surface area (Å²) in [4.78, 5) is 2.56. The molecule has 0 spiro atoms. The highest BCUT2D eigenvalue weighted by Crippen LogP contribution is 2.23. The van der Waals surface area contributed by atoms with Crippen molar-refractivity contribution >= 4 is 0 Å². The van der Waals surface area contributed by atoms with Crippen LogP contribution in [0.25, 0.3) is 0 Å². The van der Waals surface area contributed by atoms with Crippen molar-refractivity contribution in [3.05, 3.63) is 34.9 Å². The molecule has 3 nitrogen and oxygen atoms in total. The summed E-state index contributed by atoms with van der Waals surface area (Å²) < 4.78 is 5.28. The number of hydrogen-bond donors (Lipinski definition) is 1. The van der Waals surface area contributed by atoms with Crippen molar-refractivity contribution in [1.82, 2.24) is 10.2 Å². The van der Waals surface area contributed by atoms with Crippen molar-refractivity contribution in [3.63, 3.8) is 0 Å². The zero-order valence-corrected chi connectivity index (χ0v) is 13.3. The minimum absolute atomic E-state index is 0.414. The van der Waals surface area contributed by atoms with Crippen molar-refractivity contribution in [2.24, 2.45) is 5.92 Å². The monoisotopic (exact) mass is 276 g/mol. The van der Waals surface area contributed by atoms with Crippen LogP contribution in [-0.4, -0.2) is 45.3 Å². The lowest BCUT2D eigenvalue weighted by molar-refractivity contribution is 0.152. The maximum Gasteiger partial charge on any atom is 0.0503 e. The minimum atomic E-state index is 0.414. The molecule has 2 unspecified atom stereocenters. The lowest BCUT2D eigenvalue weighted by Gasteiger charge is -2.25. The van der Waals surface area contributed by atoms with E-state index >= 15 is 0 Å². The predicted octanol–water partition coefficient (Wildman–Crippen LogP) is 2.53. The quantitative estimate of drug-likeness (QED) is 0.864. The number of rotatable bonds is 6. The van der Waals surface area contributed by atoms with Gasteiger partial charge in [0.05, 0.1) is 6.61 Å². The summed E-state index contributed by atoms with van der Waals surface area (Å²) in [6.45, 7) is 8.70. The number of ether oxygens (including phenoxy) is 1. The van der Waals surface area contributed by atoms with E-state index in [1.165, 1.54) is 29.7 Å². The van der Waals surface area contributed by atoms with Gasteiger partial charge in [0.25, 0.3) is 0 Å². The summed E-state index contributed by atoms with van der Waals surface area (Å²) in [5.74, 6) is 0.705. The zero-order valence-electron chi connectivity index (χ0n) is 13.3. The highest BCUT2D eigenvalue weighted by molar-refractivity contribution is 5.33. The molecule has 0 aromatic heterocycles. The van der Waals surface area contributed by atoms with E-state index in [2.05, 4.69) is 49.3 Å². The van der Waals surface area contributed by atoms with Crippen LogP contribution in [0.3, 0.4) is 0 Å². The highest BCUT2D eigenvalue weighted by Gasteiger charge is 2.25. The molecule has 1 aliphatic rings. The van der Waals surface area contributed by atoms with E-state index in [1.54, 1.807) is 7.11 Å². The molecular formula is C17H28N2O. The molecule has 1 aromatic rings. The maximum absolute atomic E-state index is 5.28. The van der Waals surface area contributed by atoms with Crippen LogP contribution in [0.1, 0.15) is 29.2 Å². The Morgan fingerprint density at radius 2 is 2.20 bits per heavy atom. The third-order valence-corrected chi connectivity index (χ3v) is 4.36. The molecule has 0 saturated carbocycles. The molecule has 1 fully saturated rings. The summed E-state index contributed by atoms with van der Waals surface area (Å²) in [6.07, 6.45) is 1.26. The van der Waals surface area contributed by atoms with Crippen LogP contribution in [-0.2, 0) is 4.74 Å². The maximum atomic E-state index is 5.28. The van der Waals surface area contributed by atoms with Gasteiger partial charge < -0.3 is 15.0 Å². The number of aryl methyl sites for hydroxylation is 2. The van der Waals surface area contributed by atoms with Crippen molar-refractivity contribution in [2.45, 2.75) is 26.3 Å². The Morgan fingerprint density at radius 3 is 2.85 bits per heavy atom. The van der Waals surface area contributed by atoms with Gasteiger partial charge in [-0.1, -0.05) is 23.8 Å². The molecule has 1 aromatic carbocycles. The second-order valence-corrected chi connectivity index (χ2v) is 6.07. The van der Waals surface area contributed by atoms with Gasteiger partial charge in [-0.05, 0) is 50.9 Å². The second-order valence-electron chi connectivity index (χ2n) is 6.07. The van der Waals surface area contributed by atoms with Gasteiger partial charge >= 0.3 is 0 Å². The lowest BCUT2D eigenvalue weighted by atomic mass is 9.99. The topological polar surface area (TPSA) is 24.5 Å². The summed E-state index contributed by atoms with van der Waals surface area (Å²) in [5, 5.41) is 3.48. The first-order valence-electron chi connectivity index (χ1n) is 7.59. The van der Waals surface area contributed by atoms with Crippen LogP contribution >= 0.6 is 0 Å². The van der Waals surface area contributed by atoms with Gasteiger partial charge in [-0.15, -0.1) is 0 Å². The fraction of sp³-hybridized carbons (Fsp3) is 0.647. The van der Waals surface area contributed by atoms with Crippen molar-refractivity contribution < 1.29 is 4.74 Å². The van der Waals surface area contributed by atoms with Crippen LogP contribution in [0, 0.1) is 19.8 Å². The average molecular weight is 276 g/mol. The predicted molar refractivity (Wildman–Crippen MR) is 84.1 cm³/mol. The standard InChI is InChI=1S/C17H28N2O/c1-13-5-6-16(14(2)9-13)17(18-3)11-19-8-7-15(10-19)12-20-4/h5-6,9,15,17-18H,7-8,10-12H2,1-4H3. The van der Waals surface area contributed by atoms with Gasteiger partial charge in [-0.25, -0.2) is 0 Å². The molecule has 2 atom stereocenters. The summed E-state index contributed by atoms with van der Waals surface area (Å²) >= 11 is 0. The van der Waals surface area contributed by atoms with Crippen LogP contribution in [0.4, 0.5) is 0 Å². The zero-order chi connectivity index (χ0) is 14.5.